The van der Waals surface area contributed by atoms with Gasteiger partial charge in [0.15, 0.2) is 0 Å². The summed E-state index contributed by atoms with van der Waals surface area (Å²) in [7, 11) is 1.58. The molecule has 5 rings (SSSR count). The molecule has 3 heterocycles. The number of hydrogen-bond acceptors (Lipinski definition) is 7. The lowest BCUT2D eigenvalue weighted by Crippen LogP contribution is -2.20. The summed E-state index contributed by atoms with van der Waals surface area (Å²) < 4.78 is 51.0. The Hall–Kier alpha value is -5.70. The number of halogens is 3. The lowest BCUT2D eigenvalue weighted by atomic mass is 9.94. The summed E-state index contributed by atoms with van der Waals surface area (Å²) in [5, 5.41) is 12.7. The van der Waals surface area contributed by atoms with Gasteiger partial charge in [0, 0.05) is 42.8 Å². The van der Waals surface area contributed by atoms with Gasteiger partial charge < -0.3 is 20.4 Å². The molecule has 43 heavy (non-hydrogen) atoms. The van der Waals surface area contributed by atoms with Crippen LogP contribution in [0.25, 0.3) is 33.3 Å². The van der Waals surface area contributed by atoms with Crippen LogP contribution >= 0.6 is 0 Å². The molecule has 0 aliphatic heterocycles. The van der Waals surface area contributed by atoms with Crippen LogP contribution in [-0.2, 0) is 24.6 Å². The van der Waals surface area contributed by atoms with Crippen LogP contribution in [0.1, 0.15) is 22.4 Å². The predicted molar refractivity (Wildman–Crippen MR) is 155 cm³/mol. The highest BCUT2D eigenvalue weighted by atomic mass is 19.4. The summed E-state index contributed by atoms with van der Waals surface area (Å²) in [4.78, 5) is 24.1. The zero-order valence-electron chi connectivity index (χ0n) is 23.0. The van der Waals surface area contributed by atoms with Crippen LogP contribution in [0.5, 0.6) is 11.8 Å². The van der Waals surface area contributed by atoms with Gasteiger partial charge in [0.05, 0.1) is 27.7 Å². The summed E-state index contributed by atoms with van der Waals surface area (Å²) in [5.41, 5.74) is 7.73. The van der Waals surface area contributed by atoms with Crippen LogP contribution in [0.2, 0.25) is 0 Å². The number of alkyl halides is 3. The number of pyridine rings is 1. The molecule has 0 aliphatic rings. The minimum atomic E-state index is -4.76. The second-order valence-corrected chi connectivity index (χ2v) is 9.58. The number of nitrogens with one attached hydrogen (secondary N) is 1. The maximum absolute atomic E-state index is 14.6. The van der Waals surface area contributed by atoms with Crippen molar-refractivity contribution in [2.75, 3.05) is 5.73 Å². The number of amides is 1. The lowest BCUT2D eigenvalue weighted by molar-refractivity contribution is -0.137. The number of ether oxygens (including phenoxy) is 1. The number of aromatic nitrogens is 4. The monoisotopic (exact) mass is 583 g/mol. The number of nitrogens with two attached hydrogens (primary N) is 1. The van der Waals surface area contributed by atoms with Gasteiger partial charge in [0.25, 0.3) is 0 Å². The maximum atomic E-state index is 14.6. The highest BCUT2D eigenvalue weighted by molar-refractivity contribution is 6.11. The average Bonchev–Trinajstić information content (AvgIpc) is 3.29. The molecule has 0 aliphatic carbocycles. The quantitative estimate of drug-likeness (QED) is 0.222. The van der Waals surface area contributed by atoms with Crippen molar-refractivity contribution in [3.8, 4) is 40.2 Å². The molecule has 3 aromatic heterocycles. The van der Waals surface area contributed by atoms with Crippen molar-refractivity contribution in [2.45, 2.75) is 19.6 Å². The van der Waals surface area contributed by atoms with Crippen LogP contribution < -0.4 is 15.8 Å². The van der Waals surface area contributed by atoms with Crippen LogP contribution in [0, 0.1) is 18.3 Å². The van der Waals surface area contributed by atoms with Crippen molar-refractivity contribution in [3.63, 3.8) is 0 Å². The lowest BCUT2D eigenvalue weighted by Gasteiger charge is -2.17. The molecule has 9 nitrogen and oxygen atoms in total. The van der Waals surface area contributed by atoms with Gasteiger partial charge in [-0.05, 0) is 48.4 Å². The summed E-state index contributed by atoms with van der Waals surface area (Å²) in [5.74, 6) is -0.0551. The number of anilines is 1. The van der Waals surface area contributed by atoms with Gasteiger partial charge >= 0.3 is 12.2 Å². The third-order valence-electron chi connectivity index (χ3n) is 6.78. The standard InChI is InChI=1S/C31H24F3N7O2/c1-4-24(42)38-15-18-5-10-22(23(13-18)31(32,33)34)28-25(26-27(41(28)3)20(14-35)16-39-29(26)36)19-6-8-21(9-7-19)43-30-37-12-11-17(2)40-30/h4-13,16H,1,15H2,2-3H3,(H2,36,39)(H,38,42). The molecule has 0 saturated heterocycles. The van der Waals surface area contributed by atoms with Crippen LogP contribution in [0.15, 0.2) is 73.6 Å². The molecule has 0 radical (unpaired) electrons. The molecule has 0 spiro atoms. The third kappa shape index (κ3) is 5.60. The van der Waals surface area contributed by atoms with E-state index in [0.29, 0.717) is 33.5 Å². The van der Waals surface area contributed by atoms with E-state index in [-0.39, 0.29) is 40.8 Å². The Bertz CT molecular complexity index is 1920. The fourth-order valence-electron chi connectivity index (χ4n) is 4.86. The van der Waals surface area contributed by atoms with Gasteiger partial charge in [0.1, 0.15) is 17.6 Å². The van der Waals surface area contributed by atoms with E-state index in [1.807, 2.05) is 0 Å². The number of aryl methyl sites for hydroxylation is 2. The van der Waals surface area contributed by atoms with Crippen LogP contribution in [0.4, 0.5) is 19.0 Å². The summed E-state index contributed by atoms with van der Waals surface area (Å²) in [6.07, 6.45) is -0.862. The number of fused-ring (bicyclic) bond motifs is 1. The minimum Gasteiger partial charge on any atom is -0.424 e. The number of nitrogen functional groups attached to an aromatic ring is 1. The largest absolute Gasteiger partial charge is 0.424 e. The zero-order chi connectivity index (χ0) is 30.9. The van der Waals surface area contributed by atoms with Gasteiger partial charge in [-0.1, -0.05) is 30.8 Å². The first-order valence-electron chi connectivity index (χ1n) is 12.9. The predicted octanol–water partition coefficient (Wildman–Crippen LogP) is 6.07. The number of nitrogens with zero attached hydrogens (tertiary/aromatic N) is 5. The first-order chi connectivity index (χ1) is 20.5. The number of rotatable bonds is 7. The molecule has 0 atom stereocenters. The van der Waals surface area contributed by atoms with Crippen molar-refractivity contribution in [1.29, 1.82) is 5.26 Å². The van der Waals surface area contributed by atoms with E-state index in [0.717, 1.165) is 12.1 Å². The maximum Gasteiger partial charge on any atom is 0.417 e. The van der Waals surface area contributed by atoms with E-state index < -0.39 is 17.6 Å². The van der Waals surface area contributed by atoms with E-state index in [2.05, 4.69) is 32.9 Å². The summed E-state index contributed by atoms with van der Waals surface area (Å²) in [6, 6.07) is 14.4. The Balaban J connectivity index is 1.72. The smallest absolute Gasteiger partial charge is 0.417 e. The van der Waals surface area contributed by atoms with Crippen molar-refractivity contribution in [3.05, 3.63) is 96.0 Å². The molecule has 0 saturated carbocycles. The molecule has 12 heteroatoms. The van der Waals surface area contributed by atoms with Gasteiger partial charge in [-0.3, -0.25) is 4.79 Å². The van der Waals surface area contributed by atoms with Gasteiger partial charge in [0.2, 0.25) is 5.91 Å². The van der Waals surface area contributed by atoms with Gasteiger partial charge in [-0.25, -0.2) is 15.0 Å². The molecular formula is C31H24F3N7O2. The topological polar surface area (TPSA) is 132 Å². The highest BCUT2D eigenvalue weighted by Crippen LogP contribution is 2.47. The Labute approximate surface area is 244 Å². The SMILES string of the molecule is C=CC(=O)NCc1ccc(-c2c(-c3ccc(Oc4nccc(C)n4)cc3)c3c(N)ncc(C#N)c3n2C)c(C(F)(F)F)c1. The van der Waals surface area contributed by atoms with Crippen LogP contribution in [0.3, 0.4) is 0 Å². The van der Waals surface area contributed by atoms with Gasteiger partial charge in [-0.15, -0.1) is 0 Å². The van der Waals surface area contributed by atoms with E-state index >= 15 is 0 Å². The number of carbonyl (C=O) groups is 1. The van der Waals surface area contributed by atoms with E-state index in [1.165, 1.54) is 22.9 Å². The molecule has 5 aromatic rings. The van der Waals surface area contributed by atoms with Crippen LogP contribution in [-0.4, -0.2) is 25.4 Å². The van der Waals surface area contributed by atoms with Crippen molar-refractivity contribution >= 4 is 22.6 Å². The fraction of sp³-hybridized carbons (Fsp3) is 0.129. The normalized spacial score (nSPS) is 11.3. The second kappa shape index (κ2) is 11.3. The summed E-state index contributed by atoms with van der Waals surface area (Å²) in [6.45, 7) is 5.03. The van der Waals surface area contributed by atoms with E-state index in [1.54, 1.807) is 50.5 Å². The van der Waals surface area contributed by atoms with Crippen molar-refractivity contribution < 1.29 is 22.7 Å². The number of nitriles is 1. The molecule has 1 amide bonds. The molecule has 0 fully saturated rings. The van der Waals surface area contributed by atoms with Crippen molar-refractivity contribution in [1.82, 2.24) is 24.8 Å². The molecule has 2 aromatic carbocycles. The van der Waals surface area contributed by atoms with E-state index in [4.69, 9.17) is 10.5 Å². The highest BCUT2D eigenvalue weighted by Gasteiger charge is 2.36. The molecular weight excluding hydrogens is 559 g/mol. The Morgan fingerprint density at radius 1 is 1.19 bits per heavy atom. The number of hydrogen-bond donors (Lipinski definition) is 2. The molecule has 0 bridgehead atoms. The molecule has 216 valence electrons. The zero-order valence-corrected chi connectivity index (χ0v) is 23.0. The Morgan fingerprint density at radius 3 is 2.58 bits per heavy atom. The van der Waals surface area contributed by atoms with Gasteiger partial charge in [-0.2, -0.15) is 18.4 Å². The summed E-state index contributed by atoms with van der Waals surface area (Å²) >= 11 is 0. The molecule has 3 N–H and O–H groups in total. The first-order valence-corrected chi connectivity index (χ1v) is 12.9. The first kappa shape index (κ1) is 28.8. The number of carbonyl (C=O) groups excluding carboxylic acids is 1. The third-order valence-corrected chi connectivity index (χ3v) is 6.78. The van der Waals surface area contributed by atoms with Crippen molar-refractivity contribution in [2.24, 2.45) is 7.05 Å². The second-order valence-electron chi connectivity index (χ2n) is 9.58. The Morgan fingerprint density at radius 2 is 1.93 bits per heavy atom. The Kier molecular flexibility index (Phi) is 7.56. The minimum absolute atomic E-state index is 0.0525. The molecule has 0 unspecified atom stereocenters. The average molecular weight is 584 g/mol. The fourth-order valence-corrected chi connectivity index (χ4v) is 4.86. The van der Waals surface area contributed by atoms with E-state index in [9.17, 15) is 23.2 Å². The number of benzene rings is 2.